The second-order valence-electron chi connectivity index (χ2n) is 2.87. The van der Waals surface area contributed by atoms with Crippen LogP contribution < -0.4 is 5.32 Å². The molecule has 0 aromatic carbocycles. The molecule has 0 saturated heterocycles. The van der Waals surface area contributed by atoms with Crippen molar-refractivity contribution in [3.8, 4) is 0 Å². The summed E-state index contributed by atoms with van der Waals surface area (Å²) < 4.78 is 4.80. The minimum atomic E-state index is -0.390. The lowest BCUT2D eigenvalue weighted by molar-refractivity contribution is 0.0635. The van der Waals surface area contributed by atoms with Gasteiger partial charge in [-0.25, -0.2) is 0 Å². The van der Waals surface area contributed by atoms with Gasteiger partial charge in [0.15, 0.2) is 0 Å². The molecule has 0 rings (SSSR count). The Labute approximate surface area is 78.9 Å². The molecule has 0 spiro atoms. The number of ether oxygens (including phenoxy) is 1. The van der Waals surface area contributed by atoms with Gasteiger partial charge >= 0.3 is 0 Å². The zero-order valence-electron chi connectivity index (χ0n) is 8.04. The molecule has 0 heterocycles. The zero-order valence-corrected chi connectivity index (χ0v) is 8.86. The number of thioether (sulfide) groups is 1. The number of hydrogen-bond donors (Lipinski definition) is 2. The molecule has 2 N–H and O–H groups in total. The molecule has 0 aliphatic rings. The zero-order chi connectivity index (χ0) is 9.40. The third kappa shape index (κ3) is 6.91. The number of rotatable bonds is 7. The highest BCUT2D eigenvalue weighted by atomic mass is 32.2. The summed E-state index contributed by atoms with van der Waals surface area (Å²) in [5.74, 6) is 1.07. The topological polar surface area (TPSA) is 41.5 Å². The average Bonchev–Trinajstić information content (AvgIpc) is 2.02. The predicted molar refractivity (Wildman–Crippen MR) is 53.7 cm³/mol. The second-order valence-corrected chi connectivity index (χ2v) is 3.78. The van der Waals surface area contributed by atoms with E-state index in [1.54, 1.807) is 18.9 Å². The van der Waals surface area contributed by atoms with E-state index >= 15 is 0 Å². The van der Waals surface area contributed by atoms with E-state index in [0.717, 1.165) is 5.75 Å². The Morgan fingerprint density at radius 3 is 2.75 bits per heavy atom. The van der Waals surface area contributed by atoms with Gasteiger partial charge in [-0.15, -0.1) is 0 Å². The summed E-state index contributed by atoms with van der Waals surface area (Å²) >= 11 is 1.80. The Morgan fingerprint density at radius 1 is 1.58 bits per heavy atom. The monoisotopic (exact) mass is 193 g/mol. The normalized spacial score (nSPS) is 16.0. The summed E-state index contributed by atoms with van der Waals surface area (Å²) in [5, 5.41) is 12.5. The average molecular weight is 193 g/mol. The van der Waals surface area contributed by atoms with E-state index in [1.807, 2.05) is 0 Å². The minimum Gasteiger partial charge on any atom is -0.389 e. The SMILES string of the molecule is COCC(O)CNC(C)CSC. The van der Waals surface area contributed by atoms with Gasteiger partial charge in [0.05, 0.1) is 12.7 Å². The minimum absolute atomic E-state index is 0.390. The van der Waals surface area contributed by atoms with Crippen LogP contribution >= 0.6 is 11.8 Å². The highest BCUT2D eigenvalue weighted by Crippen LogP contribution is 1.95. The van der Waals surface area contributed by atoms with Crippen molar-refractivity contribution >= 4 is 11.8 Å². The van der Waals surface area contributed by atoms with Gasteiger partial charge in [0.2, 0.25) is 0 Å². The van der Waals surface area contributed by atoms with E-state index in [4.69, 9.17) is 4.74 Å². The van der Waals surface area contributed by atoms with E-state index in [1.165, 1.54) is 0 Å². The first kappa shape index (κ1) is 12.2. The second kappa shape index (κ2) is 7.86. The van der Waals surface area contributed by atoms with Gasteiger partial charge in [0.1, 0.15) is 0 Å². The maximum atomic E-state index is 9.27. The Kier molecular flexibility index (Phi) is 8.01. The molecule has 0 radical (unpaired) electrons. The first-order valence-corrected chi connectivity index (χ1v) is 5.49. The highest BCUT2D eigenvalue weighted by molar-refractivity contribution is 7.98. The molecule has 2 unspecified atom stereocenters. The smallest absolute Gasteiger partial charge is 0.0897 e. The van der Waals surface area contributed by atoms with Crippen LogP contribution in [0.2, 0.25) is 0 Å². The molecule has 4 heteroatoms. The molecular weight excluding hydrogens is 174 g/mol. The van der Waals surface area contributed by atoms with Crippen LogP contribution in [0.3, 0.4) is 0 Å². The van der Waals surface area contributed by atoms with E-state index in [0.29, 0.717) is 19.2 Å². The van der Waals surface area contributed by atoms with Crippen LogP contribution in [0.1, 0.15) is 6.92 Å². The van der Waals surface area contributed by atoms with Crippen LogP contribution in [-0.2, 0) is 4.74 Å². The third-order valence-electron chi connectivity index (χ3n) is 1.48. The molecule has 0 aromatic heterocycles. The molecule has 12 heavy (non-hydrogen) atoms. The standard InChI is InChI=1S/C8H19NO2S/c1-7(6-12-3)9-4-8(10)5-11-2/h7-10H,4-6H2,1-3H3. The summed E-state index contributed by atoms with van der Waals surface area (Å²) in [6.45, 7) is 3.12. The fourth-order valence-corrected chi connectivity index (χ4v) is 1.52. The maximum Gasteiger partial charge on any atom is 0.0897 e. The fraction of sp³-hybridized carbons (Fsp3) is 1.00. The Hall–Kier alpha value is 0.230. The lowest BCUT2D eigenvalue weighted by Crippen LogP contribution is -2.36. The van der Waals surface area contributed by atoms with Gasteiger partial charge in [-0.05, 0) is 13.2 Å². The summed E-state index contributed by atoms with van der Waals surface area (Å²) in [7, 11) is 1.59. The Bertz CT molecular complexity index is 91.1. The van der Waals surface area contributed by atoms with Gasteiger partial charge in [-0.3, -0.25) is 0 Å². The van der Waals surface area contributed by atoms with Crippen molar-refractivity contribution in [3.63, 3.8) is 0 Å². The summed E-state index contributed by atoms with van der Waals surface area (Å²) in [4.78, 5) is 0. The summed E-state index contributed by atoms with van der Waals surface area (Å²) in [5.41, 5.74) is 0. The Balaban J connectivity index is 3.27. The van der Waals surface area contributed by atoms with Gasteiger partial charge in [0.25, 0.3) is 0 Å². The third-order valence-corrected chi connectivity index (χ3v) is 2.31. The van der Waals surface area contributed by atoms with Crippen molar-refractivity contribution in [2.45, 2.75) is 19.1 Å². The number of methoxy groups -OCH3 is 1. The molecule has 3 nitrogen and oxygen atoms in total. The van der Waals surface area contributed by atoms with Gasteiger partial charge in [0, 0.05) is 25.4 Å². The molecule has 74 valence electrons. The number of hydrogen-bond acceptors (Lipinski definition) is 4. The van der Waals surface area contributed by atoms with Crippen LogP contribution in [0.15, 0.2) is 0 Å². The molecule has 0 saturated carbocycles. The number of aliphatic hydroxyl groups is 1. The lowest BCUT2D eigenvalue weighted by atomic mass is 10.3. The first-order valence-electron chi connectivity index (χ1n) is 4.10. The number of aliphatic hydroxyl groups excluding tert-OH is 1. The van der Waals surface area contributed by atoms with Crippen LogP contribution in [0.5, 0.6) is 0 Å². The molecule has 0 amide bonds. The van der Waals surface area contributed by atoms with Crippen molar-refractivity contribution in [1.29, 1.82) is 0 Å². The molecule has 0 aliphatic carbocycles. The van der Waals surface area contributed by atoms with Crippen molar-refractivity contribution in [3.05, 3.63) is 0 Å². The molecule has 0 fully saturated rings. The van der Waals surface area contributed by atoms with E-state index < -0.39 is 0 Å². The quantitative estimate of drug-likeness (QED) is 0.611. The van der Waals surface area contributed by atoms with Crippen LogP contribution in [-0.4, -0.2) is 49.5 Å². The summed E-state index contributed by atoms with van der Waals surface area (Å²) in [6.07, 6.45) is 1.68. The fourth-order valence-electron chi connectivity index (χ4n) is 0.897. The van der Waals surface area contributed by atoms with Crippen LogP contribution in [0.4, 0.5) is 0 Å². The van der Waals surface area contributed by atoms with Crippen molar-refractivity contribution < 1.29 is 9.84 Å². The van der Waals surface area contributed by atoms with Crippen LogP contribution in [0.25, 0.3) is 0 Å². The van der Waals surface area contributed by atoms with Crippen molar-refractivity contribution in [1.82, 2.24) is 5.32 Å². The van der Waals surface area contributed by atoms with Gasteiger partial charge < -0.3 is 15.2 Å². The Morgan fingerprint density at radius 2 is 2.25 bits per heavy atom. The summed E-state index contributed by atoms with van der Waals surface area (Å²) in [6, 6.07) is 0.450. The van der Waals surface area contributed by atoms with E-state index in [2.05, 4.69) is 18.5 Å². The van der Waals surface area contributed by atoms with E-state index in [9.17, 15) is 5.11 Å². The molecule has 0 bridgehead atoms. The predicted octanol–water partition coefficient (Wildman–Crippen LogP) is 0.335. The highest BCUT2D eigenvalue weighted by Gasteiger charge is 2.05. The largest absolute Gasteiger partial charge is 0.389 e. The van der Waals surface area contributed by atoms with Crippen molar-refractivity contribution in [2.24, 2.45) is 0 Å². The molecule has 0 aliphatic heterocycles. The molecule has 2 atom stereocenters. The first-order chi connectivity index (χ1) is 5.70. The van der Waals surface area contributed by atoms with E-state index in [-0.39, 0.29) is 6.10 Å². The van der Waals surface area contributed by atoms with Gasteiger partial charge in [-0.2, -0.15) is 11.8 Å². The number of nitrogens with one attached hydrogen (secondary N) is 1. The lowest BCUT2D eigenvalue weighted by Gasteiger charge is -2.15. The van der Waals surface area contributed by atoms with Gasteiger partial charge in [-0.1, -0.05) is 0 Å². The maximum absolute atomic E-state index is 9.27. The van der Waals surface area contributed by atoms with Crippen LogP contribution in [0, 0.1) is 0 Å². The molecule has 0 aromatic rings. The molecular formula is C8H19NO2S. The van der Waals surface area contributed by atoms with Crippen molar-refractivity contribution in [2.75, 3.05) is 32.3 Å².